The van der Waals surface area contributed by atoms with Gasteiger partial charge in [0.2, 0.25) is 0 Å². The molecule has 0 spiro atoms. The van der Waals surface area contributed by atoms with Crippen LogP contribution in [0.4, 0.5) is 0 Å². The second kappa shape index (κ2) is 31.0. The predicted octanol–water partition coefficient (Wildman–Crippen LogP) is 1.06. The number of hydrogen-bond acceptors (Lipinski definition) is 14. The molecule has 0 aliphatic rings. The van der Waals surface area contributed by atoms with Crippen LogP contribution in [0.2, 0.25) is 0 Å². The van der Waals surface area contributed by atoms with Crippen molar-refractivity contribution in [2.24, 2.45) is 0 Å². The number of ether oxygens (including phenoxy) is 12. The van der Waals surface area contributed by atoms with Crippen molar-refractivity contribution < 1.29 is 66.4 Å². The quantitative estimate of drug-likeness (QED) is 0.0786. The Hall–Kier alpha value is -1.46. The van der Waals surface area contributed by atoms with Crippen LogP contribution in [0.3, 0.4) is 0 Å². The van der Waals surface area contributed by atoms with Gasteiger partial charge >= 0.3 is 11.9 Å². The summed E-state index contributed by atoms with van der Waals surface area (Å²) < 4.78 is 63.4. The number of carbonyl (C=O) groups is 2. The van der Waals surface area contributed by atoms with Gasteiger partial charge in [-0.25, -0.2) is 4.79 Å². The SMILES string of the molecule is COC(=O)COCCOCCOCCOCCOCCOCCOCCOCCOCCOCCC(=O)OC(C)(C)C. The van der Waals surface area contributed by atoms with E-state index in [0.29, 0.717) is 126 Å². The monoisotopic (exact) mass is 614 g/mol. The van der Waals surface area contributed by atoms with Crippen molar-refractivity contribution in [3.05, 3.63) is 0 Å². The Labute approximate surface area is 250 Å². The van der Waals surface area contributed by atoms with Gasteiger partial charge in [0.1, 0.15) is 12.2 Å². The zero-order valence-corrected chi connectivity index (χ0v) is 26.1. The van der Waals surface area contributed by atoms with Gasteiger partial charge in [0.15, 0.2) is 0 Å². The molecule has 14 nitrogen and oxygen atoms in total. The Morgan fingerprint density at radius 3 is 0.929 bits per heavy atom. The molecule has 0 aromatic carbocycles. The number of methoxy groups -OCH3 is 1. The van der Waals surface area contributed by atoms with E-state index in [9.17, 15) is 9.59 Å². The van der Waals surface area contributed by atoms with Crippen LogP contribution in [-0.4, -0.2) is 157 Å². The molecule has 0 fully saturated rings. The van der Waals surface area contributed by atoms with Crippen molar-refractivity contribution in [2.75, 3.05) is 139 Å². The third-order valence-electron chi connectivity index (χ3n) is 4.67. The molecule has 0 aromatic heterocycles. The van der Waals surface area contributed by atoms with Crippen molar-refractivity contribution in [1.29, 1.82) is 0 Å². The fraction of sp³-hybridized carbons (Fsp3) is 0.929. The first kappa shape index (κ1) is 40.5. The van der Waals surface area contributed by atoms with E-state index in [0.717, 1.165) is 0 Å². The Bertz CT molecular complexity index is 600. The van der Waals surface area contributed by atoms with Crippen LogP contribution >= 0.6 is 0 Å². The molecule has 0 saturated carbocycles. The van der Waals surface area contributed by atoms with Gasteiger partial charge in [-0.15, -0.1) is 0 Å². The standard InChI is InChI=1S/C28H54O14/c1-28(2,3)42-26(29)5-6-32-7-8-33-9-10-34-11-12-35-13-14-36-15-16-37-17-18-38-19-20-39-21-22-40-23-24-41-25-27(30)31-4/h5-25H2,1-4H3. The highest BCUT2D eigenvalue weighted by Crippen LogP contribution is 2.08. The van der Waals surface area contributed by atoms with Gasteiger partial charge in [-0.05, 0) is 20.8 Å². The van der Waals surface area contributed by atoms with E-state index in [1.54, 1.807) is 0 Å². The molecule has 0 aliphatic heterocycles. The lowest BCUT2D eigenvalue weighted by Crippen LogP contribution is -2.24. The van der Waals surface area contributed by atoms with Crippen molar-refractivity contribution in [3.63, 3.8) is 0 Å². The zero-order valence-electron chi connectivity index (χ0n) is 26.1. The number of hydrogen-bond donors (Lipinski definition) is 0. The Balaban J connectivity index is 3.11. The van der Waals surface area contributed by atoms with Crippen molar-refractivity contribution in [1.82, 2.24) is 0 Å². The highest BCUT2D eigenvalue weighted by molar-refractivity contribution is 5.70. The van der Waals surface area contributed by atoms with Gasteiger partial charge in [-0.2, -0.15) is 0 Å². The van der Waals surface area contributed by atoms with Gasteiger partial charge in [0, 0.05) is 0 Å². The maximum atomic E-state index is 11.5. The molecule has 250 valence electrons. The summed E-state index contributed by atoms with van der Waals surface area (Å²) in [6.07, 6.45) is 0.229. The maximum absolute atomic E-state index is 11.5. The molecule has 0 atom stereocenters. The molecule has 0 aliphatic carbocycles. The van der Waals surface area contributed by atoms with Crippen LogP contribution in [0.1, 0.15) is 27.2 Å². The van der Waals surface area contributed by atoms with Gasteiger partial charge in [0.25, 0.3) is 0 Å². The minimum Gasteiger partial charge on any atom is -0.467 e. The van der Waals surface area contributed by atoms with E-state index in [-0.39, 0.29) is 19.0 Å². The third kappa shape index (κ3) is 34.7. The van der Waals surface area contributed by atoms with Crippen LogP contribution in [-0.2, 0) is 66.4 Å². The molecule has 0 saturated heterocycles. The molecule has 0 N–H and O–H groups in total. The molecule has 14 heteroatoms. The lowest BCUT2D eigenvalue weighted by atomic mass is 10.2. The van der Waals surface area contributed by atoms with Crippen LogP contribution in [0.25, 0.3) is 0 Å². The highest BCUT2D eigenvalue weighted by Gasteiger charge is 2.15. The molecule has 0 bridgehead atoms. The second-order valence-electron chi connectivity index (χ2n) is 9.48. The average molecular weight is 615 g/mol. The Morgan fingerprint density at radius 1 is 0.405 bits per heavy atom. The molecule has 0 heterocycles. The van der Waals surface area contributed by atoms with E-state index < -0.39 is 11.6 Å². The normalized spacial score (nSPS) is 11.6. The molecule has 0 amide bonds. The molecule has 0 unspecified atom stereocenters. The van der Waals surface area contributed by atoms with Crippen molar-refractivity contribution in [2.45, 2.75) is 32.8 Å². The van der Waals surface area contributed by atoms with E-state index in [4.69, 9.17) is 52.1 Å². The van der Waals surface area contributed by atoms with Gasteiger partial charge in [0.05, 0.1) is 139 Å². The average Bonchev–Trinajstić information content (AvgIpc) is 2.94. The van der Waals surface area contributed by atoms with Gasteiger partial charge in [-0.1, -0.05) is 0 Å². The van der Waals surface area contributed by atoms with E-state index in [2.05, 4.69) is 4.74 Å². The summed E-state index contributed by atoms with van der Waals surface area (Å²) in [5.41, 5.74) is -0.475. The fourth-order valence-electron chi connectivity index (χ4n) is 2.74. The highest BCUT2D eigenvalue weighted by atomic mass is 16.6. The first-order chi connectivity index (χ1) is 20.3. The first-order valence-electron chi connectivity index (χ1n) is 14.4. The smallest absolute Gasteiger partial charge is 0.331 e. The summed E-state index contributed by atoms with van der Waals surface area (Å²) in [6.45, 7) is 14.0. The van der Waals surface area contributed by atoms with Crippen LogP contribution < -0.4 is 0 Å². The lowest BCUT2D eigenvalue weighted by molar-refractivity contribution is -0.156. The van der Waals surface area contributed by atoms with Crippen LogP contribution in [0, 0.1) is 0 Å². The topological polar surface area (TPSA) is 145 Å². The van der Waals surface area contributed by atoms with Crippen molar-refractivity contribution in [3.8, 4) is 0 Å². The summed E-state index contributed by atoms with van der Waals surface area (Å²) in [4.78, 5) is 22.4. The molecule has 0 aromatic rings. The van der Waals surface area contributed by atoms with Crippen LogP contribution in [0.5, 0.6) is 0 Å². The molecule has 42 heavy (non-hydrogen) atoms. The fourth-order valence-corrected chi connectivity index (χ4v) is 2.74. The van der Waals surface area contributed by atoms with E-state index in [1.165, 1.54) is 7.11 Å². The molecular weight excluding hydrogens is 560 g/mol. The molecule has 0 radical (unpaired) electrons. The maximum Gasteiger partial charge on any atom is 0.331 e. The number of esters is 2. The van der Waals surface area contributed by atoms with Gasteiger partial charge < -0.3 is 56.8 Å². The number of carbonyl (C=O) groups excluding carboxylic acids is 2. The summed E-state index contributed by atoms with van der Waals surface area (Å²) in [6, 6.07) is 0. The zero-order chi connectivity index (χ0) is 31.0. The summed E-state index contributed by atoms with van der Waals surface area (Å²) in [5.74, 6) is -0.679. The summed E-state index contributed by atoms with van der Waals surface area (Å²) >= 11 is 0. The largest absolute Gasteiger partial charge is 0.467 e. The van der Waals surface area contributed by atoms with E-state index in [1.807, 2.05) is 20.8 Å². The first-order valence-corrected chi connectivity index (χ1v) is 14.4. The summed E-state index contributed by atoms with van der Waals surface area (Å²) in [5, 5.41) is 0. The minimum absolute atomic E-state index is 0.0733. The van der Waals surface area contributed by atoms with Gasteiger partial charge in [-0.3, -0.25) is 4.79 Å². The Morgan fingerprint density at radius 2 is 0.667 bits per heavy atom. The molecule has 0 rings (SSSR count). The lowest BCUT2D eigenvalue weighted by Gasteiger charge is -2.19. The minimum atomic E-state index is -0.475. The second-order valence-corrected chi connectivity index (χ2v) is 9.48. The van der Waals surface area contributed by atoms with Crippen LogP contribution in [0.15, 0.2) is 0 Å². The molecular formula is C28H54O14. The van der Waals surface area contributed by atoms with E-state index >= 15 is 0 Å². The third-order valence-corrected chi connectivity index (χ3v) is 4.67. The number of rotatable bonds is 32. The van der Waals surface area contributed by atoms with Crippen molar-refractivity contribution >= 4 is 11.9 Å². The summed E-state index contributed by atoms with van der Waals surface area (Å²) in [7, 11) is 1.31. The predicted molar refractivity (Wildman–Crippen MR) is 151 cm³/mol. The Kier molecular flexibility index (Phi) is 29.9.